The zero-order valence-corrected chi connectivity index (χ0v) is 24.9. The van der Waals surface area contributed by atoms with Crippen molar-refractivity contribution in [3.63, 3.8) is 0 Å². The van der Waals surface area contributed by atoms with Gasteiger partial charge in [0.1, 0.15) is 17.1 Å². The summed E-state index contributed by atoms with van der Waals surface area (Å²) in [5.74, 6) is 1.22. The number of hydrogen-bond acceptors (Lipinski definition) is 8. The monoisotopic (exact) mass is 578 g/mol. The molecule has 1 aliphatic heterocycles. The molecule has 1 amide bonds. The van der Waals surface area contributed by atoms with E-state index in [9.17, 15) is 9.90 Å². The fourth-order valence-electron chi connectivity index (χ4n) is 4.89. The number of benzene rings is 2. The first-order valence-corrected chi connectivity index (χ1v) is 14.3. The predicted molar refractivity (Wildman–Crippen MR) is 159 cm³/mol. The van der Waals surface area contributed by atoms with Crippen molar-refractivity contribution < 1.29 is 33.6 Å². The molecule has 3 atom stereocenters. The van der Waals surface area contributed by atoms with Gasteiger partial charge in [-0.15, -0.1) is 0 Å². The molecule has 9 heteroatoms. The van der Waals surface area contributed by atoms with Crippen molar-refractivity contribution in [2.24, 2.45) is 0 Å². The highest BCUT2D eigenvalue weighted by molar-refractivity contribution is 5.68. The van der Waals surface area contributed by atoms with Crippen molar-refractivity contribution in [3.05, 3.63) is 89.7 Å². The van der Waals surface area contributed by atoms with Gasteiger partial charge in [-0.2, -0.15) is 0 Å². The third-order valence-electron chi connectivity index (χ3n) is 6.88. The highest BCUT2D eigenvalue weighted by Crippen LogP contribution is 2.33. The third kappa shape index (κ3) is 9.17. The lowest BCUT2D eigenvalue weighted by Crippen LogP contribution is -2.54. The van der Waals surface area contributed by atoms with E-state index in [-0.39, 0.29) is 12.5 Å². The molecule has 0 spiro atoms. The zero-order valence-electron chi connectivity index (χ0n) is 24.9. The average Bonchev–Trinajstić information content (AvgIpc) is 2.98. The lowest BCUT2D eigenvalue weighted by atomic mass is 9.84. The molecular weight excluding hydrogens is 536 g/mol. The second kappa shape index (κ2) is 15.0. The van der Waals surface area contributed by atoms with Crippen LogP contribution in [0.3, 0.4) is 0 Å². The Bertz CT molecular complexity index is 1250. The number of carbonyl (C=O) groups is 1. The molecule has 0 radical (unpaired) electrons. The van der Waals surface area contributed by atoms with Gasteiger partial charge in [0.05, 0.1) is 58.8 Å². The molecule has 226 valence electrons. The molecule has 1 fully saturated rings. The number of para-hydroxylation sites is 1. The standard InChI is InChI=1S/C33H42N2O7/c1-33(2,3)42-32(37)35-20-28(36)31(30(21-35)41-22-24-9-7-16-34-19-24)25-12-14-27(15-13-25)40-18-8-17-39-23-26-10-5-6-11-29(26)38-4/h5-7,9-16,19,28,30-31,36H,8,17-18,20-23H2,1-4H3. The second-order valence-electron chi connectivity index (χ2n) is 11.3. The van der Waals surface area contributed by atoms with Crippen molar-refractivity contribution in [3.8, 4) is 11.5 Å². The first kappa shape index (κ1) is 31.3. The second-order valence-corrected chi connectivity index (χ2v) is 11.3. The van der Waals surface area contributed by atoms with Gasteiger partial charge in [0, 0.05) is 30.3 Å². The van der Waals surface area contributed by atoms with Crippen molar-refractivity contribution in [1.82, 2.24) is 9.88 Å². The van der Waals surface area contributed by atoms with Crippen molar-refractivity contribution in [2.45, 2.75) is 64.1 Å². The minimum absolute atomic E-state index is 0.152. The number of rotatable bonds is 12. The van der Waals surface area contributed by atoms with Crippen molar-refractivity contribution >= 4 is 6.09 Å². The molecule has 0 bridgehead atoms. The number of piperidine rings is 1. The Hall–Kier alpha value is -3.66. The molecule has 1 aromatic heterocycles. The van der Waals surface area contributed by atoms with Crippen LogP contribution in [0.5, 0.6) is 11.5 Å². The van der Waals surface area contributed by atoms with Gasteiger partial charge in [0.25, 0.3) is 0 Å². The molecule has 1 aliphatic rings. The molecule has 1 N–H and O–H groups in total. The molecule has 9 nitrogen and oxygen atoms in total. The summed E-state index contributed by atoms with van der Waals surface area (Å²) in [6.07, 6.45) is 2.44. The molecule has 4 rings (SSSR count). The van der Waals surface area contributed by atoms with Crippen LogP contribution in [0.25, 0.3) is 0 Å². The Balaban J connectivity index is 1.33. The van der Waals surface area contributed by atoms with Gasteiger partial charge in [-0.3, -0.25) is 4.98 Å². The van der Waals surface area contributed by atoms with Crippen LogP contribution in [-0.4, -0.2) is 72.3 Å². The molecule has 42 heavy (non-hydrogen) atoms. The molecule has 0 aliphatic carbocycles. The van der Waals surface area contributed by atoms with Crippen LogP contribution in [0.1, 0.15) is 49.8 Å². The number of pyridine rings is 1. The Morgan fingerprint density at radius 1 is 1.00 bits per heavy atom. The van der Waals surface area contributed by atoms with Crippen LogP contribution < -0.4 is 9.47 Å². The molecule has 3 unspecified atom stereocenters. The minimum Gasteiger partial charge on any atom is -0.496 e. The summed E-state index contributed by atoms with van der Waals surface area (Å²) < 4.78 is 28.9. The van der Waals surface area contributed by atoms with E-state index in [1.165, 1.54) is 4.90 Å². The molecule has 2 aromatic carbocycles. The summed E-state index contributed by atoms with van der Waals surface area (Å²) in [4.78, 5) is 18.5. The lowest BCUT2D eigenvalue weighted by Gasteiger charge is -2.42. The number of amides is 1. The molecule has 2 heterocycles. The molecule has 3 aromatic rings. The van der Waals surface area contributed by atoms with Crippen molar-refractivity contribution in [1.29, 1.82) is 0 Å². The Labute approximate surface area is 248 Å². The van der Waals surface area contributed by atoms with Gasteiger partial charge in [-0.25, -0.2) is 4.79 Å². The van der Waals surface area contributed by atoms with Crippen LogP contribution in [0.2, 0.25) is 0 Å². The van der Waals surface area contributed by atoms with Gasteiger partial charge in [0.15, 0.2) is 0 Å². The molecule has 0 saturated carbocycles. The maximum absolute atomic E-state index is 12.8. The van der Waals surface area contributed by atoms with E-state index >= 15 is 0 Å². The lowest BCUT2D eigenvalue weighted by molar-refractivity contribution is -0.0756. The number of aromatic nitrogens is 1. The number of hydrogen-bond donors (Lipinski definition) is 1. The summed E-state index contributed by atoms with van der Waals surface area (Å²) in [6, 6.07) is 19.3. The van der Waals surface area contributed by atoms with Crippen LogP contribution in [0.4, 0.5) is 4.79 Å². The van der Waals surface area contributed by atoms with Gasteiger partial charge in [-0.1, -0.05) is 36.4 Å². The highest BCUT2D eigenvalue weighted by Gasteiger charge is 2.40. The Kier molecular flexibility index (Phi) is 11.2. The number of aliphatic hydroxyl groups is 1. The van der Waals surface area contributed by atoms with E-state index in [1.54, 1.807) is 19.5 Å². The highest BCUT2D eigenvalue weighted by atomic mass is 16.6. The molecular formula is C33H42N2O7. The smallest absolute Gasteiger partial charge is 0.410 e. The fourth-order valence-corrected chi connectivity index (χ4v) is 4.89. The van der Waals surface area contributed by atoms with Crippen LogP contribution >= 0.6 is 0 Å². The SMILES string of the molecule is COc1ccccc1COCCCOc1ccc(C2C(O)CN(C(=O)OC(C)(C)C)CC2OCc2cccnc2)cc1. The van der Waals surface area contributed by atoms with Gasteiger partial charge in [0.2, 0.25) is 0 Å². The Morgan fingerprint density at radius 2 is 1.79 bits per heavy atom. The summed E-state index contributed by atoms with van der Waals surface area (Å²) in [6.45, 7) is 7.79. The average molecular weight is 579 g/mol. The maximum atomic E-state index is 12.8. The first-order chi connectivity index (χ1) is 20.2. The summed E-state index contributed by atoms with van der Waals surface area (Å²) in [7, 11) is 1.65. The number of β-amino-alcohol motifs (C(OH)–C–C–N with tert-alkyl or cyclic N) is 1. The van der Waals surface area contributed by atoms with E-state index in [1.807, 2.05) is 81.4 Å². The number of likely N-dealkylation sites (tertiary alicyclic amines) is 1. The first-order valence-electron chi connectivity index (χ1n) is 14.3. The van der Waals surface area contributed by atoms with Gasteiger partial charge >= 0.3 is 6.09 Å². The number of methoxy groups -OCH3 is 1. The maximum Gasteiger partial charge on any atom is 0.410 e. The van der Waals surface area contributed by atoms with E-state index in [2.05, 4.69) is 4.98 Å². The predicted octanol–water partition coefficient (Wildman–Crippen LogP) is 5.36. The molecule has 1 saturated heterocycles. The number of carbonyl (C=O) groups excluding carboxylic acids is 1. The topological polar surface area (TPSA) is 99.6 Å². The normalized spacial score (nSPS) is 18.9. The van der Waals surface area contributed by atoms with E-state index < -0.39 is 23.9 Å². The van der Waals surface area contributed by atoms with E-state index in [0.29, 0.717) is 33.0 Å². The third-order valence-corrected chi connectivity index (χ3v) is 6.88. The largest absolute Gasteiger partial charge is 0.496 e. The van der Waals surface area contributed by atoms with E-state index in [4.69, 9.17) is 23.7 Å². The van der Waals surface area contributed by atoms with Gasteiger partial charge < -0.3 is 33.7 Å². The summed E-state index contributed by atoms with van der Waals surface area (Å²) >= 11 is 0. The number of aliphatic hydroxyl groups excluding tert-OH is 1. The van der Waals surface area contributed by atoms with Crippen LogP contribution in [0, 0.1) is 0 Å². The van der Waals surface area contributed by atoms with Crippen LogP contribution in [-0.2, 0) is 27.4 Å². The van der Waals surface area contributed by atoms with Crippen LogP contribution in [0.15, 0.2) is 73.1 Å². The fraction of sp³-hybridized carbons (Fsp3) is 0.455. The van der Waals surface area contributed by atoms with Crippen molar-refractivity contribution in [2.75, 3.05) is 33.4 Å². The Morgan fingerprint density at radius 3 is 2.50 bits per heavy atom. The number of ether oxygens (including phenoxy) is 5. The summed E-state index contributed by atoms with van der Waals surface area (Å²) in [5, 5.41) is 11.2. The quantitative estimate of drug-likeness (QED) is 0.287. The number of nitrogens with zero attached hydrogens (tertiary/aromatic N) is 2. The van der Waals surface area contributed by atoms with E-state index in [0.717, 1.165) is 34.6 Å². The summed E-state index contributed by atoms with van der Waals surface area (Å²) in [5.41, 5.74) is 2.20. The minimum atomic E-state index is -0.836. The zero-order chi connectivity index (χ0) is 30.0. The van der Waals surface area contributed by atoms with Gasteiger partial charge in [-0.05, 0) is 56.2 Å².